The monoisotopic (exact) mass is 247 g/mol. The number of nitrogens with two attached hydrogens (primary N) is 1. The van der Waals surface area contributed by atoms with Crippen molar-refractivity contribution in [2.75, 3.05) is 5.73 Å². The van der Waals surface area contributed by atoms with Gasteiger partial charge in [0.25, 0.3) is 0 Å². The number of nitrogen functional groups attached to an aromatic ring is 1. The lowest BCUT2D eigenvalue weighted by atomic mass is 9.97. The summed E-state index contributed by atoms with van der Waals surface area (Å²) < 4.78 is 5.57. The topological polar surface area (TPSA) is 52.3 Å². The smallest absolute Gasteiger partial charge is 0.338 e. The molecule has 0 unspecified atom stereocenters. The number of benzene rings is 1. The summed E-state index contributed by atoms with van der Waals surface area (Å²) >= 11 is 0. The van der Waals surface area contributed by atoms with Crippen LogP contribution in [0.5, 0.6) is 0 Å². The fourth-order valence-electron chi connectivity index (χ4n) is 2.46. The number of carbonyl (C=O) groups is 1. The van der Waals surface area contributed by atoms with E-state index in [9.17, 15) is 4.79 Å². The largest absolute Gasteiger partial charge is 0.459 e. The maximum Gasteiger partial charge on any atom is 0.338 e. The van der Waals surface area contributed by atoms with Crippen LogP contribution < -0.4 is 5.73 Å². The predicted molar refractivity (Wildman–Crippen MR) is 72.6 cm³/mol. The first-order valence-corrected chi connectivity index (χ1v) is 6.66. The Morgan fingerprint density at radius 2 is 1.83 bits per heavy atom. The molecule has 0 saturated heterocycles. The van der Waals surface area contributed by atoms with Gasteiger partial charge in [-0.2, -0.15) is 0 Å². The number of esters is 1. The fourth-order valence-corrected chi connectivity index (χ4v) is 2.46. The van der Waals surface area contributed by atoms with Gasteiger partial charge >= 0.3 is 5.97 Å². The van der Waals surface area contributed by atoms with Crippen LogP contribution in [0, 0.1) is 13.8 Å². The van der Waals surface area contributed by atoms with Gasteiger partial charge in [-0.3, -0.25) is 0 Å². The first-order valence-electron chi connectivity index (χ1n) is 6.66. The van der Waals surface area contributed by atoms with Gasteiger partial charge in [-0.05, 0) is 62.8 Å². The molecule has 0 amide bonds. The first-order chi connectivity index (χ1) is 8.59. The molecule has 1 aromatic carbocycles. The normalized spacial score (nSPS) is 16.6. The zero-order chi connectivity index (χ0) is 13.1. The number of hydrogen-bond acceptors (Lipinski definition) is 3. The molecule has 2 N–H and O–H groups in total. The second-order valence-corrected chi connectivity index (χ2v) is 5.12. The molecule has 2 rings (SSSR count). The zero-order valence-corrected chi connectivity index (χ0v) is 11.2. The second-order valence-electron chi connectivity index (χ2n) is 5.12. The SMILES string of the molecule is Cc1c(N)ccc(C(=O)OC2CCCCC2)c1C. The molecule has 0 radical (unpaired) electrons. The van der Waals surface area contributed by atoms with Crippen molar-refractivity contribution in [3.63, 3.8) is 0 Å². The molecule has 98 valence electrons. The predicted octanol–water partition coefficient (Wildman–Crippen LogP) is 3.38. The summed E-state index contributed by atoms with van der Waals surface area (Å²) in [7, 11) is 0. The third kappa shape index (κ3) is 2.66. The van der Waals surface area contributed by atoms with Crippen LogP contribution in [0.4, 0.5) is 5.69 Å². The Bertz CT molecular complexity index is 448. The van der Waals surface area contributed by atoms with Crippen molar-refractivity contribution in [3.05, 3.63) is 28.8 Å². The maximum absolute atomic E-state index is 12.1. The summed E-state index contributed by atoms with van der Waals surface area (Å²) in [4.78, 5) is 12.1. The Hall–Kier alpha value is -1.51. The Morgan fingerprint density at radius 1 is 1.17 bits per heavy atom. The minimum atomic E-state index is -0.206. The molecule has 3 heteroatoms. The molecule has 0 atom stereocenters. The van der Waals surface area contributed by atoms with Gasteiger partial charge in [-0.25, -0.2) is 4.79 Å². The van der Waals surface area contributed by atoms with Gasteiger partial charge in [0.15, 0.2) is 0 Å². The Labute approximate surface area is 108 Å². The van der Waals surface area contributed by atoms with Crippen molar-refractivity contribution in [2.45, 2.75) is 52.1 Å². The van der Waals surface area contributed by atoms with Crippen molar-refractivity contribution in [2.24, 2.45) is 0 Å². The molecule has 1 aliphatic carbocycles. The average Bonchev–Trinajstić information content (AvgIpc) is 2.37. The minimum Gasteiger partial charge on any atom is -0.459 e. The summed E-state index contributed by atoms with van der Waals surface area (Å²) in [5.74, 6) is -0.206. The molecular weight excluding hydrogens is 226 g/mol. The Kier molecular flexibility index (Phi) is 3.90. The molecule has 18 heavy (non-hydrogen) atoms. The average molecular weight is 247 g/mol. The highest BCUT2D eigenvalue weighted by Gasteiger charge is 2.20. The molecule has 0 aromatic heterocycles. The molecule has 3 nitrogen and oxygen atoms in total. The van der Waals surface area contributed by atoms with Crippen LogP contribution in [-0.2, 0) is 4.74 Å². The number of ether oxygens (including phenoxy) is 1. The number of anilines is 1. The van der Waals surface area contributed by atoms with E-state index in [2.05, 4.69) is 0 Å². The summed E-state index contributed by atoms with van der Waals surface area (Å²) in [6, 6.07) is 3.54. The molecule has 0 aliphatic heterocycles. The first kappa shape index (κ1) is 12.9. The van der Waals surface area contributed by atoms with E-state index >= 15 is 0 Å². The van der Waals surface area contributed by atoms with Crippen LogP contribution in [0.1, 0.15) is 53.6 Å². The molecule has 0 spiro atoms. The molecule has 1 fully saturated rings. The van der Waals surface area contributed by atoms with Gasteiger partial charge in [0.1, 0.15) is 6.10 Å². The van der Waals surface area contributed by atoms with Crippen molar-refractivity contribution in [1.29, 1.82) is 0 Å². The van der Waals surface area contributed by atoms with Crippen LogP contribution in [0.15, 0.2) is 12.1 Å². The van der Waals surface area contributed by atoms with E-state index in [4.69, 9.17) is 10.5 Å². The van der Waals surface area contributed by atoms with Gasteiger partial charge in [-0.1, -0.05) is 6.42 Å². The highest BCUT2D eigenvalue weighted by Crippen LogP contribution is 2.24. The van der Waals surface area contributed by atoms with Gasteiger partial charge in [-0.15, -0.1) is 0 Å². The maximum atomic E-state index is 12.1. The summed E-state index contributed by atoms with van der Waals surface area (Å²) in [6.45, 7) is 3.85. The van der Waals surface area contributed by atoms with Gasteiger partial charge < -0.3 is 10.5 Å². The Morgan fingerprint density at radius 3 is 2.50 bits per heavy atom. The van der Waals surface area contributed by atoms with E-state index in [1.165, 1.54) is 6.42 Å². The molecule has 1 aromatic rings. The van der Waals surface area contributed by atoms with E-state index in [-0.39, 0.29) is 12.1 Å². The number of rotatable bonds is 2. The van der Waals surface area contributed by atoms with Crippen LogP contribution in [0.3, 0.4) is 0 Å². The molecule has 0 heterocycles. The lowest BCUT2D eigenvalue weighted by Crippen LogP contribution is -2.21. The molecular formula is C15H21NO2. The van der Waals surface area contributed by atoms with Gasteiger partial charge in [0.05, 0.1) is 5.56 Å². The molecule has 0 bridgehead atoms. The van der Waals surface area contributed by atoms with Gasteiger partial charge in [0, 0.05) is 5.69 Å². The zero-order valence-electron chi connectivity index (χ0n) is 11.2. The highest BCUT2D eigenvalue weighted by atomic mass is 16.5. The van der Waals surface area contributed by atoms with Crippen LogP contribution in [0.25, 0.3) is 0 Å². The Balaban J connectivity index is 2.11. The fraction of sp³-hybridized carbons (Fsp3) is 0.533. The molecule has 1 saturated carbocycles. The van der Waals surface area contributed by atoms with E-state index < -0.39 is 0 Å². The molecule has 1 aliphatic rings. The van der Waals surface area contributed by atoms with Crippen molar-refractivity contribution < 1.29 is 9.53 Å². The summed E-state index contributed by atoms with van der Waals surface area (Å²) in [6.07, 6.45) is 5.68. The third-order valence-corrected chi connectivity index (χ3v) is 3.87. The summed E-state index contributed by atoms with van der Waals surface area (Å²) in [5, 5.41) is 0. The van der Waals surface area contributed by atoms with Gasteiger partial charge in [0.2, 0.25) is 0 Å². The van der Waals surface area contributed by atoms with Crippen molar-refractivity contribution in [1.82, 2.24) is 0 Å². The highest BCUT2D eigenvalue weighted by molar-refractivity contribution is 5.92. The standard InChI is InChI=1S/C15H21NO2/c1-10-11(2)14(16)9-8-13(10)15(17)18-12-6-4-3-5-7-12/h8-9,12H,3-7,16H2,1-2H3. The number of hydrogen-bond donors (Lipinski definition) is 1. The third-order valence-electron chi connectivity index (χ3n) is 3.87. The van der Waals surface area contributed by atoms with E-state index in [0.29, 0.717) is 5.56 Å². The second kappa shape index (κ2) is 5.42. The van der Waals surface area contributed by atoms with E-state index in [1.807, 2.05) is 13.8 Å². The van der Waals surface area contributed by atoms with E-state index in [0.717, 1.165) is 42.5 Å². The van der Waals surface area contributed by atoms with Crippen LogP contribution in [-0.4, -0.2) is 12.1 Å². The van der Waals surface area contributed by atoms with Crippen LogP contribution in [0.2, 0.25) is 0 Å². The van der Waals surface area contributed by atoms with Crippen molar-refractivity contribution in [3.8, 4) is 0 Å². The quantitative estimate of drug-likeness (QED) is 0.644. The minimum absolute atomic E-state index is 0.100. The lowest BCUT2D eigenvalue weighted by molar-refractivity contribution is 0.0210. The van der Waals surface area contributed by atoms with Crippen molar-refractivity contribution >= 4 is 11.7 Å². The van der Waals surface area contributed by atoms with Crippen LogP contribution >= 0.6 is 0 Å². The van der Waals surface area contributed by atoms with E-state index in [1.54, 1.807) is 12.1 Å². The summed E-state index contributed by atoms with van der Waals surface area (Å²) in [5.41, 5.74) is 9.08. The lowest BCUT2D eigenvalue weighted by Gasteiger charge is -2.22. The number of carbonyl (C=O) groups excluding carboxylic acids is 1.